The summed E-state index contributed by atoms with van der Waals surface area (Å²) < 4.78 is 10.6. The number of esters is 1. The van der Waals surface area contributed by atoms with Crippen molar-refractivity contribution in [1.82, 2.24) is 4.98 Å². The molecular weight excluding hydrogens is 438 g/mol. The molecule has 0 unspecified atom stereocenters. The topological polar surface area (TPSA) is 167 Å². The van der Waals surface area contributed by atoms with Crippen LogP contribution in [0.2, 0.25) is 0 Å². The van der Waals surface area contributed by atoms with Gasteiger partial charge in [0.1, 0.15) is 19.0 Å². The van der Waals surface area contributed by atoms with Gasteiger partial charge < -0.3 is 29.6 Å². The van der Waals surface area contributed by atoms with Gasteiger partial charge in [-0.2, -0.15) is 0 Å². The van der Waals surface area contributed by atoms with E-state index in [1.54, 1.807) is 32.2 Å². The molecule has 3 aromatic rings. The minimum Gasteiger partial charge on any atom is -0.497 e. The summed E-state index contributed by atoms with van der Waals surface area (Å²) in [6.07, 6.45) is 0. The standard InChI is InChI=1S/C21H20N2O6.NO3/c1-14(15-6-7-17-11-20(27-2)9-8-16(17)10-15)21(24)28-12-18-4-3-5-19(22-18)13-29-23(25)26;2-1(3)4/h3-11,14H,12-13H2,1-2H3;/q;-1/t14-;/m0./s1. The second-order valence-corrected chi connectivity index (χ2v) is 6.64. The van der Waals surface area contributed by atoms with Crippen molar-refractivity contribution in [2.75, 3.05) is 7.11 Å². The van der Waals surface area contributed by atoms with Crippen molar-refractivity contribution in [3.8, 4) is 5.75 Å². The van der Waals surface area contributed by atoms with Crippen LogP contribution in [0.15, 0.2) is 54.6 Å². The Morgan fingerprint density at radius 1 is 0.970 bits per heavy atom. The summed E-state index contributed by atoms with van der Waals surface area (Å²) in [7, 11) is 1.62. The number of carbonyl (C=O) groups is 1. The van der Waals surface area contributed by atoms with Crippen LogP contribution in [0.4, 0.5) is 0 Å². The molecule has 0 saturated carbocycles. The summed E-state index contributed by atoms with van der Waals surface area (Å²) in [6.45, 7) is 1.50. The number of aromatic nitrogens is 1. The molecule has 0 aliphatic rings. The molecule has 2 aromatic carbocycles. The number of fused-ring (bicyclic) bond motifs is 1. The van der Waals surface area contributed by atoms with Crippen LogP contribution in [0.1, 0.15) is 29.8 Å². The van der Waals surface area contributed by atoms with Crippen LogP contribution >= 0.6 is 0 Å². The van der Waals surface area contributed by atoms with Gasteiger partial charge in [0.05, 0.1) is 29.5 Å². The molecule has 1 atom stereocenters. The predicted octanol–water partition coefficient (Wildman–Crippen LogP) is 3.56. The summed E-state index contributed by atoms with van der Waals surface area (Å²) in [4.78, 5) is 39.5. The molecule has 174 valence electrons. The van der Waals surface area contributed by atoms with Crippen molar-refractivity contribution < 1.29 is 29.3 Å². The van der Waals surface area contributed by atoms with Crippen LogP contribution in [-0.2, 0) is 27.6 Å². The van der Waals surface area contributed by atoms with E-state index < -0.39 is 16.1 Å². The molecule has 0 radical (unpaired) electrons. The number of ether oxygens (including phenoxy) is 2. The van der Waals surface area contributed by atoms with Crippen molar-refractivity contribution in [3.05, 3.63) is 97.0 Å². The third-order valence-corrected chi connectivity index (χ3v) is 4.47. The molecule has 3 rings (SSSR count). The first-order chi connectivity index (χ1) is 15.7. The molecule has 12 nitrogen and oxygen atoms in total. The molecule has 0 spiro atoms. The van der Waals surface area contributed by atoms with Gasteiger partial charge in [-0.15, -0.1) is 10.1 Å². The molecule has 1 heterocycles. The van der Waals surface area contributed by atoms with Crippen molar-refractivity contribution in [2.45, 2.75) is 26.1 Å². The second kappa shape index (κ2) is 11.8. The van der Waals surface area contributed by atoms with E-state index in [0.717, 1.165) is 22.1 Å². The smallest absolute Gasteiger partial charge is 0.313 e. The lowest BCUT2D eigenvalue weighted by molar-refractivity contribution is -0.763. The molecule has 0 aliphatic heterocycles. The van der Waals surface area contributed by atoms with E-state index in [1.807, 2.05) is 36.4 Å². The van der Waals surface area contributed by atoms with E-state index in [-0.39, 0.29) is 19.2 Å². The van der Waals surface area contributed by atoms with E-state index in [0.29, 0.717) is 11.4 Å². The molecule has 0 amide bonds. The summed E-state index contributed by atoms with van der Waals surface area (Å²) in [5.41, 5.74) is 1.71. The van der Waals surface area contributed by atoms with Crippen LogP contribution in [-0.4, -0.2) is 28.2 Å². The Kier molecular flexibility index (Phi) is 8.85. The Morgan fingerprint density at radius 2 is 1.58 bits per heavy atom. The van der Waals surface area contributed by atoms with Gasteiger partial charge in [-0.1, -0.05) is 30.3 Å². The first-order valence-corrected chi connectivity index (χ1v) is 9.47. The number of methoxy groups -OCH3 is 1. The normalized spacial score (nSPS) is 11.0. The largest absolute Gasteiger partial charge is 0.497 e. The summed E-state index contributed by atoms with van der Waals surface area (Å²) in [5.74, 6) is -0.0647. The predicted molar refractivity (Wildman–Crippen MR) is 115 cm³/mol. The van der Waals surface area contributed by atoms with Crippen molar-refractivity contribution in [3.63, 3.8) is 0 Å². The molecular formula is C21H20N3O9-. The first-order valence-electron chi connectivity index (χ1n) is 9.47. The Labute approximate surface area is 187 Å². The summed E-state index contributed by atoms with van der Waals surface area (Å²) >= 11 is 0. The van der Waals surface area contributed by atoms with Gasteiger partial charge in [-0.3, -0.25) is 9.78 Å². The number of rotatable bonds is 8. The molecule has 0 aliphatic carbocycles. The summed E-state index contributed by atoms with van der Waals surface area (Å²) in [5, 5.41) is 26.2. The van der Waals surface area contributed by atoms with Crippen molar-refractivity contribution in [2.24, 2.45) is 0 Å². The highest BCUT2D eigenvalue weighted by molar-refractivity contribution is 5.86. The maximum absolute atomic E-state index is 12.5. The maximum atomic E-state index is 12.5. The fourth-order valence-corrected chi connectivity index (χ4v) is 2.85. The van der Waals surface area contributed by atoms with E-state index in [1.165, 1.54) is 0 Å². The van der Waals surface area contributed by atoms with E-state index in [2.05, 4.69) is 9.82 Å². The van der Waals surface area contributed by atoms with E-state index >= 15 is 0 Å². The average molecular weight is 458 g/mol. The zero-order valence-electron chi connectivity index (χ0n) is 17.7. The van der Waals surface area contributed by atoms with Crippen LogP contribution in [0.5, 0.6) is 5.75 Å². The van der Waals surface area contributed by atoms with Gasteiger partial charge in [0.2, 0.25) is 0 Å². The van der Waals surface area contributed by atoms with Gasteiger partial charge in [-0.25, -0.2) is 0 Å². The average Bonchev–Trinajstić information content (AvgIpc) is 2.80. The molecule has 12 heteroatoms. The minimum absolute atomic E-state index is 0.0275. The van der Waals surface area contributed by atoms with Crippen LogP contribution in [0.25, 0.3) is 10.8 Å². The Bertz CT molecular complexity index is 1130. The molecule has 0 fully saturated rings. The number of carbonyl (C=O) groups excluding carboxylic acids is 1. The highest BCUT2D eigenvalue weighted by Crippen LogP contribution is 2.26. The Hall–Kier alpha value is -4.48. The number of hydrogen-bond donors (Lipinski definition) is 0. The molecule has 33 heavy (non-hydrogen) atoms. The lowest BCUT2D eigenvalue weighted by Crippen LogP contribution is -2.14. The van der Waals surface area contributed by atoms with Gasteiger partial charge in [-0.05, 0) is 47.5 Å². The second-order valence-electron chi connectivity index (χ2n) is 6.64. The zero-order chi connectivity index (χ0) is 24.4. The fraction of sp³-hybridized carbons (Fsp3) is 0.238. The Morgan fingerprint density at radius 3 is 2.21 bits per heavy atom. The van der Waals surface area contributed by atoms with Gasteiger partial charge >= 0.3 is 5.97 Å². The van der Waals surface area contributed by atoms with Crippen LogP contribution in [0, 0.1) is 25.4 Å². The lowest BCUT2D eigenvalue weighted by atomic mass is 9.98. The van der Waals surface area contributed by atoms with Gasteiger partial charge in [0.15, 0.2) is 0 Å². The van der Waals surface area contributed by atoms with Crippen molar-refractivity contribution >= 4 is 16.7 Å². The Balaban J connectivity index is 0.000000890. The number of pyridine rings is 1. The highest BCUT2D eigenvalue weighted by Gasteiger charge is 2.17. The summed E-state index contributed by atoms with van der Waals surface area (Å²) in [6, 6.07) is 16.5. The maximum Gasteiger partial charge on any atom is 0.313 e. The molecule has 1 aromatic heterocycles. The SMILES string of the molecule is COc1ccc2cc([C@H](C)C(=O)OCc3cccc(CO[N+](=O)[O-])n3)ccc2c1.O=[N+]([O-])[O-]. The van der Waals surface area contributed by atoms with Crippen molar-refractivity contribution in [1.29, 1.82) is 0 Å². The molecule has 0 N–H and O–H groups in total. The van der Waals surface area contributed by atoms with Gasteiger partial charge in [0.25, 0.3) is 5.09 Å². The third kappa shape index (κ3) is 7.94. The third-order valence-electron chi connectivity index (χ3n) is 4.47. The van der Waals surface area contributed by atoms with Gasteiger partial charge in [0, 0.05) is 0 Å². The fourth-order valence-electron chi connectivity index (χ4n) is 2.85. The van der Waals surface area contributed by atoms with Crippen LogP contribution < -0.4 is 4.74 Å². The lowest BCUT2D eigenvalue weighted by Gasteiger charge is -2.13. The van der Waals surface area contributed by atoms with Crippen LogP contribution in [0.3, 0.4) is 0 Å². The zero-order valence-corrected chi connectivity index (χ0v) is 17.7. The highest BCUT2D eigenvalue weighted by atomic mass is 16.9. The minimum atomic E-state index is -1.75. The quantitative estimate of drug-likeness (QED) is 0.276. The van der Waals surface area contributed by atoms with E-state index in [9.17, 15) is 14.9 Å². The van der Waals surface area contributed by atoms with E-state index in [4.69, 9.17) is 24.8 Å². The first kappa shape index (κ1) is 24.8. The number of nitrogens with zero attached hydrogens (tertiary/aromatic N) is 3. The monoisotopic (exact) mass is 458 g/mol. The number of hydrogen-bond acceptors (Lipinski definition) is 10. The molecule has 0 saturated heterocycles. The molecule has 0 bridgehead atoms. The number of benzene rings is 2.